The monoisotopic (exact) mass is 271 g/mol. The lowest BCUT2D eigenvalue weighted by Crippen LogP contribution is -2.50. The molecule has 2 heterocycles. The van der Waals surface area contributed by atoms with E-state index in [0.29, 0.717) is 13.0 Å². The van der Waals surface area contributed by atoms with Crippen molar-refractivity contribution in [2.75, 3.05) is 18.8 Å². The molecular formula is C13H21NO3S. The number of carboxylic acid groups (broad SMARTS) is 1. The summed E-state index contributed by atoms with van der Waals surface area (Å²) in [5.41, 5.74) is -0.757. The van der Waals surface area contributed by atoms with Crippen molar-refractivity contribution in [1.29, 1.82) is 0 Å². The highest BCUT2D eigenvalue weighted by atomic mass is 32.2. The third-order valence-corrected chi connectivity index (χ3v) is 5.34. The van der Waals surface area contributed by atoms with Crippen LogP contribution in [0.15, 0.2) is 0 Å². The average molecular weight is 271 g/mol. The maximum absolute atomic E-state index is 12.4. The third-order valence-electron chi connectivity index (χ3n) is 3.98. The van der Waals surface area contributed by atoms with Crippen molar-refractivity contribution in [3.8, 4) is 0 Å². The first-order valence-electron chi connectivity index (χ1n) is 6.67. The zero-order valence-electron chi connectivity index (χ0n) is 10.9. The van der Waals surface area contributed by atoms with Gasteiger partial charge < -0.3 is 10.0 Å². The fraction of sp³-hybridized carbons (Fsp3) is 0.846. The second-order valence-electron chi connectivity index (χ2n) is 5.58. The van der Waals surface area contributed by atoms with Gasteiger partial charge in [-0.3, -0.25) is 9.59 Å². The molecule has 2 fully saturated rings. The van der Waals surface area contributed by atoms with E-state index in [4.69, 9.17) is 0 Å². The molecule has 0 aliphatic carbocycles. The van der Waals surface area contributed by atoms with Crippen molar-refractivity contribution in [2.24, 2.45) is 5.41 Å². The fourth-order valence-corrected chi connectivity index (χ4v) is 4.02. The van der Waals surface area contributed by atoms with E-state index in [1.807, 2.05) is 0 Å². The molecule has 0 aromatic carbocycles. The van der Waals surface area contributed by atoms with E-state index in [2.05, 4.69) is 0 Å². The van der Waals surface area contributed by atoms with E-state index < -0.39 is 11.4 Å². The predicted molar refractivity (Wildman–Crippen MR) is 71.7 cm³/mol. The Morgan fingerprint density at radius 1 is 1.33 bits per heavy atom. The topological polar surface area (TPSA) is 57.6 Å². The van der Waals surface area contributed by atoms with Crippen LogP contribution in [0.3, 0.4) is 0 Å². The number of carbonyl (C=O) groups is 2. The fourth-order valence-electron chi connectivity index (χ4n) is 2.74. The number of hydrogen-bond acceptors (Lipinski definition) is 3. The Bertz CT molecular complexity index is 341. The van der Waals surface area contributed by atoms with Crippen molar-refractivity contribution in [3.63, 3.8) is 0 Å². The minimum atomic E-state index is -0.781. The second-order valence-corrected chi connectivity index (χ2v) is 6.89. The van der Waals surface area contributed by atoms with Crippen LogP contribution in [-0.2, 0) is 9.59 Å². The molecule has 1 N–H and O–H groups in total. The molecule has 2 atom stereocenters. The summed E-state index contributed by atoms with van der Waals surface area (Å²) in [5.74, 6) is 0.434. The minimum Gasteiger partial charge on any atom is -0.481 e. The Kier molecular flexibility index (Phi) is 4.20. The van der Waals surface area contributed by atoms with Crippen molar-refractivity contribution >= 4 is 23.6 Å². The molecule has 2 rings (SSSR count). The molecule has 2 saturated heterocycles. The molecular weight excluding hydrogens is 250 g/mol. The number of aliphatic carboxylic acids is 1. The molecule has 18 heavy (non-hydrogen) atoms. The van der Waals surface area contributed by atoms with Crippen LogP contribution in [-0.4, -0.2) is 46.0 Å². The predicted octanol–water partition coefficient (Wildman–Crippen LogP) is 1.99. The SMILES string of the molecule is CC1(C(=O)O)CCCN(C(=O)C2CCCCS2)C1. The standard InChI is InChI=1S/C13H21NO3S/c1-13(12(16)17)6-4-7-14(9-13)11(15)10-5-2-3-8-18-10/h10H,2-9H2,1H3,(H,16,17). The van der Waals surface area contributed by atoms with E-state index in [9.17, 15) is 14.7 Å². The molecule has 1 amide bonds. The Balaban J connectivity index is 1.99. The quantitative estimate of drug-likeness (QED) is 0.834. The number of carboxylic acids is 1. The molecule has 0 aromatic rings. The van der Waals surface area contributed by atoms with Crippen molar-refractivity contribution in [2.45, 2.75) is 44.3 Å². The van der Waals surface area contributed by atoms with Crippen LogP contribution >= 0.6 is 11.8 Å². The first kappa shape index (κ1) is 13.7. The van der Waals surface area contributed by atoms with Gasteiger partial charge in [-0.1, -0.05) is 6.42 Å². The van der Waals surface area contributed by atoms with Crippen molar-refractivity contribution in [3.05, 3.63) is 0 Å². The molecule has 2 unspecified atom stereocenters. The maximum atomic E-state index is 12.4. The van der Waals surface area contributed by atoms with E-state index >= 15 is 0 Å². The van der Waals surface area contributed by atoms with E-state index in [1.54, 1.807) is 23.6 Å². The molecule has 0 spiro atoms. The van der Waals surface area contributed by atoms with Gasteiger partial charge in [-0.25, -0.2) is 0 Å². The lowest BCUT2D eigenvalue weighted by Gasteiger charge is -2.39. The number of likely N-dealkylation sites (tertiary alicyclic amines) is 1. The van der Waals surface area contributed by atoms with Crippen LogP contribution in [0.4, 0.5) is 0 Å². The van der Waals surface area contributed by atoms with Gasteiger partial charge in [0.2, 0.25) is 5.91 Å². The van der Waals surface area contributed by atoms with E-state index in [-0.39, 0.29) is 11.2 Å². The van der Waals surface area contributed by atoms with Gasteiger partial charge in [-0.15, -0.1) is 11.8 Å². The smallest absolute Gasteiger partial charge is 0.311 e. The van der Waals surface area contributed by atoms with Crippen LogP contribution < -0.4 is 0 Å². The number of carbonyl (C=O) groups excluding carboxylic acids is 1. The number of nitrogens with zero attached hydrogens (tertiary/aromatic N) is 1. The van der Waals surface area contributed by atoms with Crippen molar-refractivity contribution in [1.82, 2.24) is 4.90 Å². The van der Waals surface area contributed by atoms with Gasteiger partial charge in [0.1, 0.15) is 0 Å². The number of hydrogen-bond donors (Lipinski definition) is 1. The summed E-state index contributed by atoms with van der Waals surface area (Å²) in [6, 6.07) is 0. The van der Waals surface area contributed by atoms with Crippen LogP contribution in [0.25, 0.3) is 0 Å². The summed E-state index contributed by atoms with van der Waals surface area (Å²) in [5, 5.41) is 9.33. The number of amides is 1. The average Bonchev–Trinajstić information content (AvgIpc) is 2.39. The molecule has 2 aliphatic heterocycles. The minimum absolute atomic E-state index is 0.0647. The Hall–Kier alpha value is -0.710. The molecule has 5 heteroatoms. The van der Waals surface area contributed by atoms with Crippen molar-refractivity contribution < 1.29 is 14.7 Å². The van der Waals surface area contributed by atoms with Gasteiger partial charge >= 0.3 is 5.97 Å². The third kappa shape index (κ3) is 2.82. The summed E-state index contributed by atoms with van der Waals surface area (Å²) in [4.78, 5) is 25.4. The molecule has 2 aliphatic rings. The second kappa shape index (κ2) is 5.51. The lowest BCUT2D eigenvalue weighted by molar-refractivity contribution is -0.153. The molecule has 102 valence electrons. The van der Waals surface area contributed by atoms with Crippen LogP contribution in [0.5, 0.6) is 0 Å². The summed E-state index contributed by atoms with van der Waals surface area (Å²) < 4.78 is 0. The van der Waals surface area contributed by atoms with Crippen LogP contribution in [0.1, 0.15) is 39.0 Å². The zero-order chi connectivity index (χ0) is 13.2. The Labute approximate surface area is 112 Å². The number of rotatable bonds is 2. The number of piperidine rings is 1. The summed E-state index contributed by atoms with van der Waals surface area (Å²) in [6.45, 7) is 2.85. The molecule has 0 aromatic heterocycles. The summed E-state index contributed by atoms with van der Waals surface area (Å²) in [7, 11) is 0. The highest BCUT2D eigenvalue weighted by Gasteiger charge is 2.40. The Morgan fingerprint density at radius 3 is 2.72 bits per heavy atom. The zero-order valence-corrected chi connectivity index (χ0v) is 11.7. The van der Waals surface area contributed by atoms with Crippen LogP contribution in [0.2, 0.25) is 0 Å². The van der Waals surface area contributed by atoms with Gasteiger partial charge in [-0.2, -0.15) is 0 Å². The summed E-state index contributed by atoms with van der Waals surface area (Å²) >= 11 is 1.73. The van der Waals surface area contributed by atoms with Gasteiger partial charge in [0.05, 0.1) is 10.7 Å². The Morgan fingerprint density at radius 2 is 2.11 bits per heavy atom. The number of thioether (sulfide) groups is 1. The molecule has 0 radical (unpaired) electrons. The van der Waals surface area contributed by atoms with E-state index in [0.717, 1.165) is 31.6 Å². The summed E-state index contributed by atoms with van der Waals surface area (Å²) in [6.07, 6.45) is 4.73. The highest BCUT2D eigenvalue weighted by Crippen LogP contribution is 2.33. The van der Waals surface area contributed by atoms with Crippen LogP contribution in [0, 0.1) is 5.41 Å². The van der Waals surface area contributed by atoms with E-state index in [1.165, 1.54) is 6.42 Å². The van der Waals surface area contributed by atoms with Gasteiger partial charge in [0.15, 0.2) is 0 Å². The molecule has 0 saturated carbocycles. The highest BCUT2D eigenvalue weighted by molar-refractivity contribution is 8.00. The lowest BCUT2D eigenvalue weighted by atomic mass is 9.82. The van der Waals surface area contributed by atoms with Gasteiger partial charge in [-0.05, 0) is 38.4 Å². The maximum Gasteiger partial charge on any atom is 0.311 e. The first-order chi connectivity index (χ1) is 8.53. The van der Waals surface area contributed by atoms with Gasteiger partial charge in [0.25, 0.3) is 0 Å². The first-order valence-corrected chi connectivity index (χ1v) is 7.72. The largest absolute Gasteiger partial charge is 0.481 e. The van der Waals surface area contributed by atoms with Gasteiger partial charge in [0, 0.05) is 13.1 Å². The molecule has 0 bridgehead atoms. The normalized spacial score (nSPS) is 33.2. The molecule has 4 nitrogen and oxygen atoms in total.